The Balaban J connectivity index is 2.03. The molecule has 6 heteroatoms. The molecule has 0 amide bonds. The van der Waals surface area contributed by atoms with Crippen molar-refractivity contribution in [3.63, 3.8) is 0 Å². The van der Waals surface area contributed by atoms with Gasteiger partial charge in [0, 0.05) is 13.2 Å². The van der Waals surface area contributed by atoms with Crippen molar-refractivity contribution in [2.75, 3.05) is 18.9 Å². The van der Waals surface area contributed by atoms with Crippen LogP contribution in [0.5, 0.6) is 0 Å². The summed E-state index contributed by atoms with van der Waals surface area (Å²) in [6, 6.07) is 1.58. The third-order valence-electron chi connectivity index (χ3n) is 3.13. The zero-order valence-corrected chi connectivity index (χ0v) is 9.95. The predicted molar refractivity (Wildman–Crippen MR) is 58.1 cm³/mol. The topological polar surface area (TPSA) is 70.4 Å². The van der Waals surface area contributed by atoms with Gasteiger partial charge in [-0.25, -0.2) is 8.42 Å². The van der Waals surface area contributed by atoms with Gasteiger partial charge < -0.3 is 4.74 Å². The van der Waals surface area contributed by atoms with Gasteiger partial charge in [-0.2, -0.15) is 9.57 Å². The molecule has 0 spiro atoms. The number of hydrogen-bond acceptors (Lipinski definition) is 4. The number of ether oxygens (including phenoxy) is 1. The number of hydrogen-bond donors (Lipinski definition) is 0. The summed E-state index contributed by atoms with van der Waals surface area (Å²) < 4.78 is 30.8. The van der Waals surface area contributed by atoms with E-state index in [0.29, 0.717) is 19.6 Å². The average Bonchev–Trinajstić information content (AvgIpc) is 2.85. The van der Waals surface area contributed by atoms with E-state index in [-0.39, 0.29) is 11.9 Å². The highest BCUT2D eigenvalue weighted by atomic mass is 32.2. The molecule has 0 aliphatic carbocycles. The van der Waals surface area contributed by atoms with Gasteiger partial charge in [-0.05, 0) is 25.7 Å². The number of rotatable bonds is 3. The number of nitrogens with zero attached hydrogens (tertiary/aromatic N) is 2. The first-order valence-electron chi connectivity index (χ1n) is 5.64. The van der Waals surface area contributed by atoms with Crippen molar-refractivity contribution >= 4 is 10.0 Å². The van der Waals surface area contributed by atoms with Crippen LogP contribution in [-0.4, -0.2) is 43.8 Å². The van der Waals surface area contributed by atoms with Crippen LogP contribution in [0.4, 0.5) is 0 Å². The van der Waals surface area contributed by atoms with Crippen LogP contribution < -0.4 is 0 Å². The standard InChI is InChI=1S/C10H16N2O3S/c11-7-9-3-1-5-12(9)16(13,14)8-10-4-2-6-15-10/h9-10H,1-6,8H2. The van der Waals surface area contributed by atoms with E-state index in [2.05, 4.69) is 6.07 Å². The normalized spacial score (nSPS) is 31.7. The van der Waals surface area contributed by atoms with Crippen molar-refractivity contribution in [2.24, 2.45) is 0 Å². The zero-order valence-electron chi connectivity index (χ0n) is 9.13. The van der Waals surface area contributed by atoms with E-state index in [1.807, 2.05) is 0 Å². The molecule has 0 aromatic carbocycles. The van der Waals surface area contributed by atoms with Crippen LogP contribution in [-0.2, 0) is 14.8 Å². The van der Waals surface area contributed by atoms with Crippen LogP contribution in [0.15, 0.2) is 0 Å². The molecule has 0 aromatic rings. The lowest BCUT2D eigenvalue weighted by atomic mass is 10.2. The molecule has 0 radical (unpaired) electrons. The summed E-state index contributed by atoms with van der Waals surface area (Å²) in [6.07, 6.45) is 3.00. The van der Waals surface area contributed by atoms with Crippen molar-refractivity contribution in [3.05, 3.63) is 0 Å². The maximum Gasteiger partial charge on any atom is 0.217 e. The van der Waals surface area contributed by atoms with Gasteiger partial charge in [0.1, 0.15) is 6.04 Å². The van der Waals surface area contributed by atoms with Crippen molar-refractivity contribution < 1.29 is 13.2 Å². The summed E-state index contributed by atoms with van der Waals surface area (Å²) in [4.78, 5) is 0. The minimum Gasteiger partial charge on any atom is -0.377 e. The molecule has 0 bridgehead atoms. The number of nitriles is 1. The van der Waals surface area contributed by atoms with Crippen molar-refractivity contribution in [1.82, 2.24) is 4.31 Å². The summed E-state index contributed by atoms with van der Waals surface area (Å²) in [7, 11) is -3.32. The summed E-state index contributed by atoms with van der Waals surface area (Å²) in [5.41, 5.74) is 0. The first-order valence-corrected chi connectivity index (χ1v) is 7.25. The smallest absolute Gasteiger partial charge is 0.217 e. The van der Waals surface area contributed by atoms with Gasteiger partial charge in [0.25, 0.3) is 0 Å². The highest BCUT2D eigenvalue weighted by molar-refractivity contribution is 7.89. The lowest BCUT2D eigenvalue weighted by Gasteiger charge is -2.20. The predicted octanol–water partition coefficient (Wildman–Crippen LogP) is 0.483. The Morgan fingerprint density at radius 3 is 2.81 bits per heavy atom. The second-order valence-corrected chi connectivity index (χ2v) is 6.28. The second kappa shape index (κ2) is 4.70. The molecule has 2 atom stereocenters. The van der Waals surface area contributed by atoms with E-state index in [9.17, 15) is 8.42 Å². The lowest BCUT2D eigenvalue weighted by molar-refractivity contribution is 0.126. The van der Waals surface area contributed by atoms with Gasteiger partial charge in [0.2, 0.25) is 10.0 Å². The molecule has 2 saturated heterocycles. The Morgan fingerprint density at radius 2 is 2.19 bits per heavy atom. The molecule has 2 aliphatic heterocycles. The van der Waals surface area contributed by atoms with Gasteiger partial charge in [0.15, 0.2) is 0 Å². The van der Waals surface area contributed by atoms with E-state index in [0.717, 1.165) is 19.3 Å². The van der Waals surface area contributed by atoms with Crippen LogP contribution in [0, 0.1) is 11.3 Å². The fourth-order valence-electron chi connectivity index (χ4n) is 2.31. The fourth-order valence-corrected chi connectivity index (χ4v) is 4.18. The van der Waals surface area contributed by atoms with Crippen molar-refractivity contribution in [2.45, 2.75) is 37.8 Å². The maximum absolute atomic E-state index is 12.1. The monoisotopic (exact) mass is 244 g/mol. The van der Waals surface area contributed by atoms with Crippen LogP contribution >= 0.6 is 0 Å². The number of sulfonamides is 1. The van der Waals surface area contributed by atoms with Gasteiger partial charge >= 0.3 is 0 Å². The van der Waals surface area contributed by atoms with Crippen molar-refractivity contribution in [1.29, 1.82) is 5.26 Å². The summed E-state index contributed by atoms with van der Waals surface area (Å²) >= 11 is 0. The summed E-state index contributed by atoms with van der Waals surface area (Å²) in [6.45, 7) is 1.13. The van der Waals surface area contributed by atoms with E-state index in [4.69, 9.17) is 10.00 Å². The van der Waals surface area contributed by atoms with E-state index in [1.165, 1.54) is 4.31 Å². The van der Waals surface area contributed by atoms with Crippen LogP contribution in [0.1, 0.15) is 25.7 Å². The average molecular weight is 244 g/mol. The second-order valence-electron chi connectivity index (χ2n) is 4.31. The highest BCUT2D eigenvalue weighted by Gasteiger charge is 2.36. The Labute approximate surface area is 96.0 Å². The minimum absolute atomic E-state index is 0.0329. The SMILES string of the molecule is N#CC1CCCN1S(=O)(=O)CC1CCCO1. The molecule has 16 heavy (non-hydrogen) atoms. The van der Waals surface area contributed by atoms with Gasteiger partial charge in [0.05, 0.1) is 17.9 Å². The molecular weight excluding hydrogens is 228 g/mol. The molecule has 90 valence electrons. The minimum atomic E-state index is -3.32. The molecule has 0 saturated carbocycles. The molecule has 5 nitrogen and oxygen atoms in total. The first kappa shape index (κ1) is 11.8. The molecule has 2 heterocycles. The Hall–Kier alpha value is -0.640. The highest BCUT2D eigenvalue weighted by Crippen LogP contribution is 2.23. The Kier molecular flexibility index (Phi) is 3.47. The largest absolute Gasteiger partial charge is 0.377 e. The van der Waals surface area contributed by atoms with E-state index < -0.39 is 16.1 Å². The molecule has 2 fully saturated rings. The van der Waals surface area contributed by atoms with Crippen LogP contribution in [0.2, 0.25) is 0 Å². The summed E-state index contributed by atoms with van der Waals surface area (Å²) in [5.74, 6) is 0.0329. The molecule has 2 aliphatic rings. The lowest BCUT2D eigenvalue weighted by Crippen LogP contribution is -2.39. The summed E-state index contributed by atoms with van der Waals surface area (Å²) in [5, 5.41) is 8.87. The third-order valence-corrected chi connectivity index (χ3v) is 5.08. The molecule has 0 N–H and O–H groups in total. The Bertz CT molecular complexity index is 381. The van der Waals surface area contributed by atoms with E-state index >= 15 is 0 Å². The van der Waals surface area contributed by atoms with E-state index in [1.54, 1.807) is 0 Å². The third kappa shape index (κ3) is 2.37. The Morgan fingerprint density at radius 1 is 1.38 bits per heavy atom. The van der Waals surface area contributed by atoms with Gasteiger partial charge in [-0.3, -0.25) is 0 Å². The zero-order chi connectivity index (χ0) is 11.6. The molecule has 0 aromatic heterocycles. The maximum atomic E-state index is 12.1. The molecule has 2 unspecified atom stereocenters. The molecule has 2 rings (SSSR count). The first-order chi connectivity index (χ1) is 7.63. The molecular formula is C10H16N2O3S. The van der Waals surface area contributed by atoms with Gasteiger partial charge in [-0.15, -0.1) is 0 Å². The quantitative estimate of drug-likeness (QED) is 0.724. The fraction of sp³-hybridized carbons (Fsp3) is 0.900. The van der Waals surface area contributed by atoms with Crippen LogP contribution in [0.25, 0.3) is 0 Å². The van der Waals surface area contributed by atoms with Crippen molar-refractivity contribution in [3.8, 4) is 6.07 Å². The van der Waals surface area contributed by atoms with Crippen LogP contribution in [0.3, 0.4) is 0 Å². The van der Waals surface area contributed by atoms with Gasteiger partial charge in [-0.1, -0.05) is 0 Å².